The molecule has 0 aromatic carbocycles. The van der Waals surface area contributed by atoms with Gasteiger partial charge in [0.2, 0.25) is 5.91 Å². The van der Waals surface area contributed by atoms with Gasteiger partial charge < -0.3 is 15.3 Å². The highest BCUT2D eigenvalue weighted by molar-refractivity contribution is 6.04. The molecule has 0 aromatic rings. The van der Waals surface area contributed by atoms with E-state index >= 15 is 0 Å². The number of hydrogen-bond donors (Lipinski definition) is 2. The van der Waals surface area contributed by atoms with Crippen LogP contribution in [0.15, 0.2) is 0 Å². The molecule has 1 heterocycles. The van der Waals surface area contributed by atoms with Crippen molar-refractivity contribution in [3.8, 4) is 0 Å². The van der Waals surface area contributed by atoms with E-state index in [9.17, 15) is 19.5 Å². The van der Waals surface area contributed by atoms with Crippen molar-refractivity contribution in [1.82, 2.24) is 15.1 Å². The number of aliphatic hydroxyl groups is 1. The van der Waals surface area contributed by atoms with E-state index in [1.54, 1.807) is 0 Å². The van der Waals surface area contributed by atoms with E-state index in [0.29, 0.717) is 6.54 Å². The highest BCUT2D eigenvalue weighted by Crippen LogP contribution is 2.24. The minimum atomic E-state index is -0.454. The quantitative estimate of drug-likeness (QED) is 0.634. The zero-order valence-electron chi connectivity index (χ0n) is 12.3. The molecular weight excluding hydrogens is 262 g/mol. The van der Waals surface area contributed by atoms with Crippen LogP contribution in [-0.2, 0) is 9.59 Å². The Hall–Kier alpha value is -1.63. The van der Waals surface area contributed by atoms with Gasteiger partial charge in [-0.2, -0.15) is 0 Å². The van der Waals surface area contributed by atoms with Crippen molar-refractivity contribution < 1.29 is 19.5 Å². The number of aliphatic hydroxyl groups excluding tert-OH is 1. The minimum Gasteiger partial charge on any atom is -0.396 e. The first-order valence-corrected chi connectivity index (χ1v) is 6.82. The maximum atomic E-state index is 11.8. The third kappa shape index (κ3) is 3.47. The molecule has 0 bridgehead atoms. The van der Waals surface area contributed by atoms with E-state index in [1.165, 1.54) is 11.9 Å². The van der Waals surface area contributed by atoms with Crippen LogP contribution in [0.2, 0.25) is 0 Å². The second-order valence-corrected chi connectivity index (χ2v) is 5.26. The molecule has 1 aliphatic heterocycles. The van der Waals surface area contributed by atoms with E-state index in [4.69, 9.17) is 0 Å². The fourth-order valence-electron chi connectivity index (χ4n) is 2.09. The van der Waals surface area contributed by atoms with Gasteiger partial charge in [0.25, 0.3) is 5.91 Å². The first kappa shape index (κ1) is 16.4. The molecule has 0 spiro atoms. The Kier molecular flexibility index (Phi) is 5.50. The number of nitrogens with one attached hydrogen (secondary N) is 1. The average molecular weight is 285 g/mol. The summed E-state index contributed by atoms with van der Waals surface area (Å²) in [5, 5.41) is 12.1. The lowest BCUT2D eigenvalue weighted by Gasteiger charge is -2.29. The Morgan fingerprint density at radius 2 is 1.95 bits per heavy atom. The second-order valence-electron chi connectivity index (χ2n) is 5.26. The number of carbonyl (C=O) groups excluding carboxylic acids is 3. The standard InChI is InChI=1S/C13H23N3O4/c1-4-13(5-2,9-17)8-14-10(18)6-16-11(19)7-15(3)12(16)20/h17H,4-9H2,1-3H3,(H,14,18). The normalized spacial score (nSPS) is 16.0. The number of urea groups is 1. The van der Waals surface area contributed by atoms with Crippen molar-refractivity contribution in [1.29, 1.82) is 0 Å². The Morgan fingerprint density at radius 1 is 1.35 bits per heavy atom. The highest BCUT2D eigenvalue weighted by Gasteiger charge is 2.35. The largest absolute Gasteiger partial charge is 0.396 e. The van der Waals surface area contributed by atoms with E-state index in [1.807, 2.05) is 13.8 Å². The molecule has 0 atom stereocenters. The monoisotopic (exact) mass is 285 g/mol. The zero-order valence-corrected chi connectivity index (χ0v) is 12.3. The summed E-state index contributed by atoms with van der Waals surface area (Å²) in [5.41, 5.74) is -0.342. The van der Waals surface area contributed by atoms with Crippen molar-refractivity contribution in [3.05, 3.63) is 0 Å². The van der Waals surface area contributed by atoms with Gasteiger partial charge in [0.05, 0.1) is 6.61 Å². The molecule has 1 rings (SSSR count). The predicted molar refractivity (Wildman–Crippen MR) is 72.8 cm³/mol. The molecule has 0 aliphatic carbocycles. The number of hydrogen-bond acceptors (Lipinski definition) is 4. The third-order valence-electron chi connectivity index (χ3n) is 4.03. The molecule has 0 unspecified atom stereocenters. The Balaban J connectivity index is 2.52. The Morgan fingerprint density at radius 3 is 2.35 bits per heavy atom. The molecule has 1 aliphatic rings. The van der Waals surface area contributed by atoms with Gasteiger partial charge >= 0.3 is 6.03 Å². The lowest BCUT2D eigenvalue weighted by molar-refractivity contribution is -0.131. The molecule has 7 heteroatoms. The number of imide groups is 1. The maximum Gasteiger partial charge on any atom is 0.327 e. The van der Waals surface area contributed by atoms with E-state index < -0.39 is 6.03 Å². The fourth-order valence-corrected chi connectivity index (χ4v) is 2.09. The van der Waals surface area contributed by atoms with Crippen LogP contribution in [-0.4, -0.2) is 66.0 Å². The van der Waals surface area contributed by atoms with E-state index in [2.05, 4.69) is 5.32 Å². The molecule has 1 fully saturated rings. The van der Waals surface area contributed by atoms with Gasteiger partial charge in [-0.05, 0) is 12.8 Å². The van der Waals surface area contributed by atoms with Crippen LogP contribution < -0.4 is 5.32 Å². The van der Waals surface area contributed by atoms with Crippen LogP contribution >= 0.6 is 0 Å². The SMILES string of the molecule is CCC(CC)(CO)CNC(=O)CN1C(=O)CN(C)C1=O. The van der Waals surface area contributed by atoms with Crippen LogP contribution in [0.25, 0.3) is 0 Å². The molecule has 114 valence electrons. The number of rotatable bonds is 7. The molecule has 0 aromatic heterocycles. The summed E-state index contributed by atoms with van der Waals surface area (Å²) < 4.78 is 0. The lowest BCUT2D eigenvalue weighted by atomic mass is 9.83. The molecule has 4 amide bonds. The first-order chi connectivity index (χ1) is 9.39. The van der Waals surface area contributed by atoms with Crippen LogP contribution in [0.4, 0.5) is 4.79 Å². The van der Waals surface area contributed by atoms with E-state index in [-0.39, 0.29) is 36.9 Å². The molecule has 0 saturated carbocycles. The predicted octanol–water partition coefficient (Wildman–Crippen LogP) is -0.205. The van der Waals surface area contributed by atoms with Crippen molar-refractivity contribution in [3.63, 3.8) is 0 Å². The van der Waals surface area contributed by atoms with Gasteiger partial charge in [0, 0.05) is 19.0 Å². The second kappa shape index (κ2) is 6.69. The van der Waals surface area contributed by atoms with Crippen LogP contribution in [0.3, 0.4) is 0 Å². The van der Waals surface area contributed by atoms with Crippen molar-refractivity contribution in [2.75, 3.05) is 33.3 Å². The van der Waals surface area contributed by atoms with Gasteiger partial charge in [0.15, 0.2) is 0 Å². The lowest BCUT2D eigenvalue weighted by Crippen LogP contribution is -2.45. The van der Waals surface area contributed by atoms with Crippen LogP contribution in [0.5, 0.6) is 0 Å². The van der Waals surface area contributed by atoms with E-state index in [0.717, 1.165) is 17.7 Å². The summed E-state index contributed by atoms with van der Waals surface area (Å²) in [7, 11) is 1.52. The summed E-state index contributed by atoms with van der Waals surface area (Å²) in [6.07, 6.45) is 1.48. The summed E-state index contributed by atoms with van der Waals surface area (Å²) in [6.45, 7) is 3.97. The zero-order chi connectivity index (χ0) is 15.3. The highest BCUT2D eigenvalue weighted by atomic mass is 16.3. The average Bonchev–Trinajstić information content (AvgIpc) is 2.67. The summed E-state index contributed by atoms with van der Waals surface area (Å²) in [6, 6.07) is -0.454. The topological polar surface area (TPSA) is 89.9 Å². The molecule has 20 heavy (non-hydrogen) atoms. The Labute approximate surface area is 118 Å². The number of amides is 4. The first-order valence-electron chi connectivity index (χ1n) is 6.82. The fraction of sp³-hybridized carbons (Fsp3) is 0.769. The molecule has 0 radical (unpaired) electrons. The molecule has 7 nitrogen and oxygen atoms in total. The summed E-state index contributed by atoms with van der Waals surface area (Å²) >= 11 is 0. The number of nitrogens with zero attached hydrogens (tertiary/aromatic N) is 2. The van der Waals surface area contributed by atoms with Gasteiger partial charge in [-0.1, -0.05) is 13.8 Å². The molecule has 1 saturated heterocycles. The summed E-state index contributed by atoms with van der Waals surface area (Å²) in [5.74, 6) is -0.756. The van der Waals surface area contributed by atoms with Gasteiger partial charge in [-0.25, -0.2) is 4.79 Å². The Bertz CT molecular complexity index is 385. The van der Waals surface area contributed by atoms with Crippen molar-refractivity contribution in [2.24, 2.45) is 5.41 Å². The number of carbonyl (C=O) groups is 3. The number of likely N-dealkylation sites (N-methyl/N-ethyl adjacent to an activating group) is 1. The minimum absolute atomic E-state index is 0.00933. The van der Waals surface area contributed by atoms with Gasteiger partial charge in [0.1, 0.15) is 13.1 Å². The van der Waals surface area contributed by atoms with Crippen molar-refractivity contribution in [2.45, 2.75) is 26.7 Å². The molecule has 2 N–H and O–H groups in total. The van der Waals surface area contributed by atoms with Gasteiger partial charge in [-0.3, -0.25) is 14.5 Å². The van der Waals surface area contributed by atoms with Gasteiger partial charge in [-0.15, -0.1) is 0 Å². The molecular formula is C13H23N3O4. The summed E-state index contributed by atoms with van der Waals surface area (Å²) in [4.78, 5) is 37.2. The smallest absolute Gasteiger partial charge is 0.327 e. The van der Waals surface area contributed by atoms with Crippen LogP contribution in [0, 0.1) is 5.41 Å². The maximum absolute atomic E-state index is 11.8. The van der Waals surface area contributed by atoms with Crippen LogP contribution in [0.1, 0.15) is 26.7 Å². The third-order valence-corrected chi connectivity index (χ3v) is 4.03. The van der Waals surface area contributed by atoms with Crippen molar-refractivity contribution >= 4 is 17.8 Å².